The summed E-state index contributed by atoms with van der Waals surface area (Å²) in [6.07, 6.45) is -0.760. The SMILES string of the molecule is C[C@@H]1CN(S(=O)(=O)c2ccc(O)cc2)C(c2ccccc2)[C@@H]1O. The second kappa shape index (κ2) is 5.96. The summed E-state index contributed by atoms with van der Waals surface area (Å²) in [6, 6.07) is 14.0. The highest BCUT2D eigenvalue weighted by atomic mass is 32.2. The number of aliphatic hydroxyl groups is 1. The predicted octanol–water partition coefficient (Wildman–Crippen LogP) is 2.13. The first kappa shape index (κ1) is 16.0. The second-order valence-corrected chi connectivity index (χ2v) is 7.78. The van der Waals surface area contributed by atoms with Crippen LogP contribution in [0, 0.1) is 5.92 Å². The zero-order valence-electron chi connectivity index (χ0n) is 12.7. The number of phenolic OH excluding ortho intramolecular Hbond substituents is 1. The third kappa shape index (κ3) is 2.85. The maximum atomic E-state index is 13.0. The van der Waals surface area contributed by atoms with E-state index in [2.05, 4.69) is 0 Å². The highest BCUT2D eigenvalue weighted by Gasteiger charge is 2.45. The third-order valence-corrected chi connectivity index (χ3v) is 6.13. The molecule has 0 radical (unpaired) electrons. The fourth-order valence-electron chi connectivity index (χ4n) is 3.00. The number of aromatic hydroxyl groups is 1. The van der Waals surface area contributed by atoms with Crippen molar-refractivity contribution in [2.45, 2.75) is 24.0 Å². The molecule has 0 aromatic heterocycles. The quantitative estimate of drug-likeness (QED) is 0.902. The van der Waals surface area contributed by atoms with Crippen molar-refractivity contribution in [1.29, 1.82) is 0 Å². The van der Waals surface area contributed by atoms with Crippen LogP contribution < -0.4 is 0 Å². The molecule has 122 valence electrons. The van der Waals surface area contributed by atoms with Crippen molar-refractivity contribution in [3.05, 3.63) is 60.2 Å². The maximum absolute atomic E-state index is 13.0. The van der Waals surface area contributed by atoms with E-state index in [1.54, 1.807) is 0 Å². The lowest BCUT2D eigenvalue weighted by molar-refractivity contribution is 0.114. The van der Waals surface area contributed by atoms with Gasteiger partial charge in [-0.05, 0) is 35.7 Å². The van der Waals surface area contributed by atoms with E-state index in [4.69, 9.17) is 0 Å². The minimum Gasteiger partial charge on any atom is -0.508 e. The summed E-state index contributed by atoms with van der Waals surface area (Å²) >= 11 is 0. The molecule has 1 saturated heterocycles. The zero-order chi connectivity index (χ0) is 16.6. The average molecular weight is 333 g/mol. The lowest BCUT2D eigenvalue weighted by atomic mass is 9.98. The number of hydrogen-bond donors (Lipinski definition) is 2. The number of phenols is 1. The molecule has 0 saturated carbocycles. The Balaban J connectivity index is 2.04. The van der Waals surface area contributed by atoms with E-state index in [9.17, 15) is 18.6 Å². The Morgan fingerprint density at radius 3 is 2.26 bits per heavy atom. The summed E-state index contributed by atoms with van der Waals surface area (Å²) in [7, 11) is -3.76. The first-order chi connectivity index (χ1) is 10.9. The van der Waals surface area contributed by atoms with Crippen molar-refractivity contribution in [3.63, 3.8) is 0 Å². The highest BCUT2D eigenvalue weighted by Crippen LogP contribution is 2.39. The smallest absolute Gasteiger partial charge is 0.243 e. The first-order valence-corrected chi connectivity index (χ1v) is 8.89. The van der Waals surface area contributed by atoms with Gasteiger partial charge >= 0.3 is 0 Å². The Kier molecular flexibility index (Phi) is 4.14. The van der Waals surface area contributed by atoms with Crippen LogP contribution in [0.5, 0.6) is 5.75 Å². The van der Waals surface area contributed by atoms with Gasteiger partial charge in [-0.2, -0.15) is 4.31 Å². The summed E-state index contributed by atoms with van der Waals surface area (Å²) in [5.41, 5.74) is 0.770. The van der Waals surface area contributed by atoms with Gasteiger partial charge in [-0.25, -0.2) is 8.42 Å². The van der Waals surface area contributed by atoms with E-state index in [0.717, 1.165) is 5.56 Å². The van der Waals surface area contributed by atoms with Crippen molar-refractivity contribution in [3.8, 4) is 5.75 Å². The zero-order valence-corrected chi connectivity index (χ0v) is 13.5. The molecule has 1 aliphatic heterocycles. The van der Waals surface area contributed by atoms with Gasteiger partial charge in [-0.1, -0.05) is 37.3 Å². The molecule has 1 heterocycles. The predicted molar refractivity (Wildman–Crippen MR) is 86.4 cm³/mol. The molecule has 5 nitrogen and oxygen atoms in total. The summed E-state index contributed by atoms with van der Waals surface area (Å²) in [6.45, 7) is 2.09. The van der Waals surface area contributed by atoms with Crippen LogP contribution in [-0.2, 0) is 10.0 Å². The standard InChI is InChI=1S/C17H19NO4S/c1-12-11-18(16(17(12)20)13-5-3-2-4-6-13)23(21,22)15-9-7-14(19)8-10-15/h2-10,12,16-17,19-20H,11H2,1H3/t12-,16?,17-/m1/s1. The van der Waals surface area contributed by atoms with Gasteiger partial charge in [0, 0.05) is 6.54 Å². The fraction of sp³-hybridized carbons (Fsp3) is 0.294. The molecule has 23 heavy (non-hydrogen) atoms. The van der Waals surface area contributed by atoms with Crippen LogP contribution in [0.1, 0.15) is 18.5 Å². The lowest BCUT2D eigenvalue weighted by Gasteiger charge is -2.26. The fourth-order valence-corrected chi connectivity index (χ4v) is 4.73. The van der Waals surface area contributed by atoms with Gasteiger partial charge in [-0.15, -0.1) is 0 Å². The minimum absolute atomic E-state index is 0.0124. The Morgan fingerprint density at radius 1 is 1.04 bits per heavy atom. The molecule has 2 aromatic carbocycles. The van der Waals surface area contributed by atoms with Gasteiger partial charge in [0.15, 0.2) is 0 Å². The van der Waals surface area contributed by atoms with Gasteiger partial charge < -0.3 is 10.2 Å². The summed E-state index contributed by atoms with van der Waals surface area (Å²) in [5, 5.41) is 19.8. The molecule has 1 aliphatic rings. The van der Waals surface area contributed by atoms with E-state index in [-0.39, 0.29) is 23.1 Å². The van der Waals surface area contributed by atoms with E-state index >= 15 is 0 Å². The van der Waals surface area contributed by atoms with Gasteiger partial charge in [0.2, 0.25) is 10.0 Å². The third-order valence-electron chi connectivity index (χ3n) is 4.27. The van der Waals surface area contributed by atoms with Crippen LogP contribution in [0.15, 0.2) is 59.5 Å². The molecule has 0 amide bonds. The van der Waals surface area contributed by atoms with Crippen molar-refractivity contribution >= 4 is 10.0 Å². The molecule has 1 unspecified atom stereocenters. The molecule has 2 N–H and O–H groups in total. The Morgan fingerprint density at radius 2 is 1.65 bits per heavy atom. The van der Waals surface area contributed by atoms with Gasteiger partial charge in [0.1, 0.15) is 5.75 Å². The first-order valence-electron chi connectivity index (χ1n) is 7.45. The van der Waals surface area contributed by atoms with E-state index < -0.39 is 22.2 Å². The largest absolute Gasteiger partial charge is 0.508 e. The average Bonchev–Trinajstić information content (AvgIpc) is 2.85. The topological polar surface area (TPSA) is 77.8 Å². The number of nitrogens with zero attached hydrogens (tertiary/aromatic N) is 1. The maximum Gasteiger partial charge on any atom is 0.243 e. The number of aliphatic hydroxyl groups excluding tert-OH is 1. The molecule has 6 heteroatoms. The molecule has 3 rings (SSSR count). The van der Waals surface area contributed by atoms with Crippen LogP contribution in [0.2, 0.25) is 0 Å². The summed E-state index contributed by atoms with van der Waals surface area (Å²) in [4.78, 5) is 0.109. The number of sulfonamides is 1. The van der Waals surface area contributed by atoms with Crippen LogP contribution in [-0.4, -0.2) is 35.6 Å². The Labute approximate surface area is 135 Å². The van der Waals surface area contributed by atoms with E-state index in [0.29, 0.717) is 0 Å². The lowest BCUT2D eigenvalue weighted by Crippen LogP contribution is -2.33. The highest BCUT2D eigenvalue weighted by molar-refractivity contribution is 7.89. The van der Waals surface area contributed by atoms with Crippen LogP contribution in [0.3, 0.4) is 0 Å². The van der Waals surface area contributed by atoms with Crippen molar-refractivity contribution in [2.75, 3.05) is 6.54 Å². The molecular weight excluding hydrogens is 314 g/mol. The van der Waals surface area contributed by atoms with Crippen molar-refractivity contribution in [2.24, 2.45) is 5.92 Å². The summed E-state index contributed by atoms with van der Waals surface area (Å²) in [5.74, 6) is -0.148. The van der Waals surface area contributed by atoms with Crippen LogP contribution in [0.4, 0.5) is 0 Å². The van der Waals surface area contributed by atoms with Gasteiger partial charge in [0.05, 0.1) is 17.0 Å². The monoisotopic (exact) mass is 333 g/mol. The molecule has 1 fully saturated rings. The summed E-state index contributed by atoms with van der Waals surface area (Å²) < 4.78 is 27.3. The minimum atomic E-state index is -3.76. The molecule has 3 atom stereocenters. The number of rotatable bonds is 3. The van der Waals surface area contributed by atoms with Crippen molar-refractivity contribution in [1.82, 2.24) is 4.31 Å². The normalized spacial score (nSPS) is 25.6. The number of benzene rings is 2. The molecule has 2 aromatic rings. The van der Waals surface area contributed by atoms with Gasteiger partial charge in [-0.3, -0.25) is 0 Å². The molecule has 0 bridgehead atoms. The van der Waals surface area contributed by atoms with Crippen molar-refractivity contribution < 1.29 is 18.6 Å². The van der Waals surface area contributed by atoms with E-state index in [1.807, 2.05) is 37.3 Å². The second-order valence-electron chi connectivity index (χ2n) is 5.89. The van der Waals surface area contributed by atoms with Crippen LogP contribution >= 0.6 is 0 Å². The Bertz CT molecular complexity index is 774. The van der Waals surface area contributed by atoms with Gasteiger partial charge in [0.25, 0.3) is 0 Å². The number of hydrogen-bond acceptors (Lipinski definition) is 4. The van der Waals surface area contributed by atoms with Crippen LogP contribution in [0.25, 0.3) is 0 Å². The molecule has 0 spiro atoms. The van der Waals surface area contributed by atoms with E-state index in [1.165, 1.54) is 28.6 Å². The molecule has 0 aliphatic carbocycles. The Hall–Kier alpha value is -1.89. The molecular formula is C17H19NO4S.